The van der Waals surface area contributed by atoms with Crippen molar-refractivity contribution in [3.63, 3.8) is 0 Å². The molecule has 4 nitrogen and oxygen atoms in total. The first-order valence-corrected chi connectivity index (χ1v) is 7.67. The Balaban J connectivity index is 1.99. The van der Waals surface area contributed by atoms with Crippen LogP contribution >= 0.6 is 0 Å². The molecule has 1 aliphatic carbocycles. The summed E-state index contributed by atoms with van der Waals surface area (Å²) in [6.45, 7) is 10.6. The van der Waals surface area contributed by atoms with Crippen molar-refractivity contribution in [2.45, 2.75) is 77.5 Å². The van der Waals surface area contributed by atoms with Gasteiger partial charge in [0.05, 0.1) is 24.4 Å². The molecular weight excluding hydrogens is 256 g/mol. The average Bonchev–Trinajstić information content (AvgIpc) is 2.24. The van der Waals surface area contributed by atoms with Gasteiger partial charge in [0.25, 0.3) is 0 Å². The fourth-order valence-corrected chi connectivity index (χ4v) is 4.03. The third kappa shape index (κ3) is 2.13. The van der Waals surface area contributed by atoms with E-state index in [-0.39, 0.29) is 23.6 Å². The molecule has 0 aromatic carbocycles. The van der Waals surface area contributed by atoms with Gasteiger partial charge in [-0.1, -0.05) is 6.92 Å². The summed E-state index contributed by atoms with van der Waals surface area (Å²) in [5.41, 5.74) is -0.832. The van der Waals surface area contributed by atoms with Crippen molar-refractivity contribution in [3.05, 3.63) is 0 Å². The Hall–Kier alpha value is -0.450. The zero-order valence-corrected chi connectivity index (χ0v) is 13.2. The minimum absolute atomic E-state index is 0.0800. The maximum absolute atomic E-state index is 12.8. The smallest absolute Gasteiger partial charge is 0.163 e. The summed E-state index contributed by atoms with van der Waals surface area (Å²) in [7, 11) is 0. The predicted octanol–water partition coefficient (Wildman–Crippen LogP) is 2.69. The van der Waals surface area contributed by atoms with Crippen LogP contribution in [-0.4, -0.2) is 36.0 Å². The minimum atomic E-state index is -0.614. The van der Waals surface area contributed by atoms with Crippen LogP contribution in [0.1, 0.15) is 53.9 Å². The Kier molecular flexibility index (Phi) is 3.10. The molecule has 4 heteroatoms. The van der Waals surface area contributed by atoms with Crippen LogP contribution in [-0.2, 0) is 19.0 Å². The van der Waals surface area contributed by atoms with Crippen LogP contribution in [0, 0.1) is 11.3 Å². The van der Waals surface area contributed by atoms with E-state index in [4.69, 9.17) is 14.2 Å². The van der Waals surface area contributed by atoms with Gasteiger partial charge in [0.2, 0.25) is 0 Å². The third-order valence-electron chi connectivity index (χ3n) is 5.04. The minimum Gasteiger partial charge on any atom is -0.371 e. The molecule has 1 spiro atoms. The van der Waals surface area contributed by atoms with Gasteiger partial charge in [0, 0.05) is 12.8 Å². The van der Waals surface area contributed by atoms with Gasteiger partial charge < -0.3 is 14.2 Å². The van der Waals surface area contributed by atoms with Crippen LogP contribution in [0.4, 0.5) is 0 Å². The fraction of sp³-hybridized carbons (Fsp3) is 0.938. The monoisotopic (exact) mass is 282 g/mol. The first-order chi connectivity index (χ1) is 9.15. The molecule has 2 saturated heterocycles. The van der Waals surface area contributed by atoms with Crippen LogP contribution in [0.5, 0.6) is 0 Å². The Morgan fingerprint density at radius 3 is 2.50 bits per heavy atom. The maximum atomic E-state index is 12.8. The van der Waals surface area contributed by atoms with E-state index in [0.717, 1.165) is 12.8 Å². The van der Waals surface area contributed by atoms with Crippen molar-refractivity contribution >= 4 is 5.78 Å². The summed E-state index contributed by atoms with van der Waals surface area (Å²) in [5.74, 6) is 0.0249. The topological polar surface area (TPSA) is 44.8 Å². The lowest BCUT2D eigenvalue weighted by Crippen LogP contribution is -2.69. The van der Waals surface area contributed by atoms with Gasteiger partial charge in [-0.15, -0.1) is 0 Å². The molecule has 3 aliphatic rings. The second kappa shape index (κ2) is 4.28. The lowest BCUT2D eigenvalue weighted by atomic mass is 9.61. The molecule has 3 rings (SSSR count). The molecule has 0 aromatic rings. The molecular formula is C16H26O4. The Morgan fingerprint density at radius 1 is 1.10 bits per heavy atom. The second-order valence-corrected chi connectivity index (χ2v) is 7.87. The summed E-state index contributed by atoms with van der Waals surface area (Å²) < 4.78 is 18.3. The summed E-state index contributed by atoms with van der Waals surface area (Å²) >= 11 is 0. The number of carbonyl (C=O) groups excluding carboxylic acids is 1. The van der Waals surface area contributed by atoms with Crippen molar-refractivity contribution in [1.82, 2.24) is 0 Å². The number of rotatable bonds is 0. The zero-order valence-electron chi connectivity index (χ0n) is 13.2. The molecule has 0 radical (unpaired) electrons. The molecule has 0 amide bonds. The van der Waals surface area contributed by atoms with Crippen molar-refractivity contribution in [3.8, 4) is 0 Å². The van der Waals surface area contributed by atoms with E-state index < -0.39 is 11.2 Å². The number of hydrogen-bond acceptors (Lipinski definition) is 4. The summed E-state index contributed by atoms with van der Waals surface area (Å²) in [6, 6.07) is 0. The molecule has 2 heterocycles. The zero-order chi connectivity index (χ0) is 14.8. The third-order valence-corrected chi connectivity index (χ3v) is 5.04. The molecule has 1 saturated carbocycles. The van der Waals surface area contributed by atoms with Crippen LogP contribution in [0.2, 0.25) is 0 Å². The van der Waals surface area contributed by atoms with E-state index in [1.54, 1.807) is 0 Å². The first-order valence-electron chi connectivity index (χ1n) is 7.67. The highest BCUT2D eigenvalue weighted by molar-refractivity contribution is 5.87. The van der Waals surface area contributed by atoms with Crippen LogP contribution in [0.3, 0.4) is 0 Å². The summed E-state index contributed by atoms with van der Waals surface area (Å²) in [4.78, 5) is 12.8. The quantitative estimate of drug-likeness (QED) is 0.685. The first kappa shape index (κ1) is 14.5. The lowest BCUT2D eigenvalue weighted by molar-refractivity contribution is -0.358. The van der Waals surface area contributed by atoms with E-state index in [0.29, 0.717) is 18.9 Å². The molecule has 114 valence electrons. The number of carbonyl (C=O) groups is 1. The maximum Gasteiger partial charge on any atom is 0.163 e. The number of ether oxygens (including phenoxy) is 3. The number of hydrogen-bond donors (Lipinski definition) is 0. The largest absolute Gasteiger partial charge is 0.371 e. The molecule has 3 fully saturated rings. The molecule has 20 heavy (non-hydrogen) atoms. The number of ketones is 1. The Bertz CT molecular complexity index is 426. The highest BCUT2D eigenvalue weighted by atomic mass is 16.7. The van der Waals surface area contributed by atoms with Crippen LogP contribution < -0.4 is 0 Å². The lowest BCUT2D eigenvalue weighted by Gasteiger charge is -2.59. The second-order valence-electron chi connectivity index (χ2n) is 7.87. The summed E-state index contributed by atoms with van der Waals surface area (Å²) in [6.07, 6.45) is 2.10. The highest BCUT2D eigenvalue weighted by Crippen LogP contribution is 2.53. The predicted molar refractivity (Wildman–Crippen MR) is 74.3 cm³/mol. The molecule has 1 unspecified atom stereocenters. The van der Waals surface area contributed by atoms with E-state index in [2.05, 4.69) is 20.8 Å². The normalized spacial score (nSPS) is 46.5. The van der Waals surface area contributed by atoms with Crippen LogP contribution in [0.25, 0.3) is 0 Å². The van der Waals surface area contributed by atoms with Crippen molar-refractivity contribution in [1.29, 1.82) is 0 Å². The average molecular weight is 282 g/mol. The van der Waals surface area contributed by atoms with Crippen LogP contribution in [0.15, 0.2) is 0 Å². The van der Waals surface area contributed by atoms with E-state index in [1.807, 2.05) is 13.8 Å². The molecule has 2 aliphatic heterocycles. The van der Waals surface area contributed by atoms with Gasteiger partial charge in [0.15, 0.2) is 5.79 Å². The van der Waals surface area contributed by atoms with Gasteiger partial charge in [-0.3, -0.25) is 4.79 Å². The standard InChI is InChI=1S/C16H26O4/c1-10-6-11(17)16-9-18-15(4,5)20-13(16)8-14(2,3)19-12(16)7-10/h10,12-13H,6-9H2,1-5H3/t10-,12?,13-,16+/m1/s1. The molecule has 0 bridgehead atoms. The highest BCUT2D eigenvalue weighted by Gasteiger charge is 2.63. The van der Waals surface area contributed by atoms with Gasteiger partial charge >= 0.3 is 0 Å². The van der Waals surface area contributed by atoms with E-state index in [1.165, 1.54) is 0 Å². The van der Waals surface area contributed by atoms with E-state index in [9.17, 15) is 4.79 Å². The van der Waals surface area contributed by atoms with Crippen molar-refractivity contribution in [2.24, 2.45) is 11.3 Å². The Morgan fingerprint density at radius 2 is 1.80 bits per heavy atom. The van der Waals surface area contributed by atoms with Crippen molar-refractivity contribution in [2.75, 3.05) is 6.61 Å². The molecule has 4 atom stereocenters. The number of Topliss-reactive ketones (excluding diaryl/α,β-unsaturated/α-hetero) is 1. The van der Waals surface area contributed by atoms with Gasteiger partial charge in [-0.25, -0.2) is 0 Å². The van der Waals surface area contributed by atoms with Gasteiger partial charge in [0.1, 0.15) is 11.2 Å². The van der Waals surface area contributed by atoms with Gasteiger partial charge in [-0.05, 0) is 40.0 Å². The molecule has 0 aromatic heterocycles. The van der Waals surface area contributed by atoms with Gasteiger partial charge in [-0.2, -0.15) is 0 Å². The fourth-order valence-electron chi connectivity index (χ4n) is 4.03. The van der Waals surface area contributed by atoms with E-state index >= 15 is 0 Å². The SMILES string of the molecule is C[C@@H]1CC(=O)[C@]23COC(C)(C)O[C@@H]2CC(C)(C)OC3C1. The van der Waals surface area contributed by atoms with Crippen molar-refractivity contribution < 1.29 is 19.0 Å². The summed E-state index contributed by atoms with van der Waals surface area (Å²) in [5, 5.41) is 0. The Labute approximate surface area is 121 Å². The molecule has 0 N–H and O–H groups in total.